The van der Waals surface area contributed by atoms with Gasteiger partial charge in [-0.3, -0.25) is 0 Å². The molecule has 1 unspecified atom stereocenters. The Kier molecular flexibility index (Phi) is 5.83. The van der Waals surface area contributed by atoms with Gasteiger partial charge < -0.3 is 19.7 Å². The summed E-state index contributed by atoms with van der Waals surface area (Å²) in [7, 11) is 1.73. The molecule has 1 aromatic rings. The summed E-state index contributed by atoms with van der Waals surface area (Å²) >= 11 is 0. The number of urea groups is 1. The highest BCUT2D eigenvalue weighted by Crippen LogP contribution is 2.27. The van der Waals surface area contributed by atoms with Crippen LogP contribution in [0.5, 0.6) is 5.75 Å². The standard InChI is InChI=1S/C17H23N3O3/c1-12(2)23-16-7-6-13(10-18)9-15(16)19-17(21)20(3)11-14-5-4-8-22-14/h6-7,9,12,14H,4-5,8,11H2,1-3H3,(H,19,21). The number of hydrogen-bond acceptors (Lipinski definition) is 4. The minimum absolute atomic E-state index is 0.0248. The van der Waals surface area contributed by atoms with Crippen molar-refractivity contribution in [2.24, 2.45) is 0 Å². The molecule has 0 aliphatic carbocycles. The van der Waals surface area contributed by atoms with E-state index in [-0.39, 0.29) is 18.2 Å². The number of rotatable bonds is 5. The third-order valence-corrected chi connectivity index (χ3v) is 3.56. The second kappa shape index (κ2) is 7.84. The van der Waals surface area contributed by atoms with Gasteiger partial charge in [0.2, 0.25) is 0 Å². The molecule has 2 rings (SSSR count). The van der Waals surface area contributed by atoms with E-state index in [0.717, 1.165) is 19.4 Å². The first-order chi connectivity index (χ1) is 11.0. The number of carbonyl (C=O) groups excluding carboxylic acids is 1. The summed E-state index contributed by atoms with van der Waals surface area (Å²) in [5.74, 6) is 0.554. The van der Waals surface area contributed by atoms with Crippen LogP contribution in [0.15, 0.2) is 18.2 Å². The maximum atomic E-state index is 12.4. The molecule has 0 saturated carbocycles. The van der Waals surface area contributed by atoms with E-state index >= 15 is 0 Å². The molecule has 6 heteroatoms. The van der Waals surface area contributed by atoms with Gasteiger partial charge in [0.05, 0.1) is 29.5 Å². The summed E-state index contributed by atoms with van der Waals surface area (Å²) in [6, 6.07) is 6.82. The number of likely N-dealkylation sites (N-methyl/N-ethyl adjacent to an activating group) is 1. The van der Waals surface area contributed by atoms with Gasteiger partial charge in [0.25, 0.3) is 0 Å². The van der Waals surface area contributed by atoms with E-state index in [1.807, 2.05) is 13.8 Å². The van der Waals surface area contributed by atoms with Gasteiger partial charge in [-0.15, -0.1) is 0 Å². The highest BCUT2D eigenvalue weighted by atomic mass is 16.5. The average Bonchev–Trinajstić information content (AvgIpc) is 3.01. The van der Waals surface area contributed by atoms with Crippen LogP contribution in [0.4, 0.5) is 10.5 Å². The van der Waals surface area contributed by atoms with Crippen molar-refractivity contribution >= 4 is 11.7 Å². The van der Waals surface area contributed by atoms with Crippen molar-refractivity contribution in [1.29, 1.82) is 5.26 Å². The van der Waals surface area contributed by atoms with Crippen molar-refractivity contribution in [3.8, 4) is 11.8 Å². The first-order valence-corrected chi connectivity index (χ1v) is 7.84. The quantitative estimate of drug-likeness (QED) is 0.906. The highest BCUT2D eigenvalue weighted by Gasteiger charge is 2.21. The van der Waals surface area contributed by atoms with Gasteiger partial charge in [-0.2, -0.15) is 5.26 Å². The van der Waals surface area contributed by atoms with Gasteiger partial charge in [-0.1, -0.05) is 0 Å². The Bertz CT molecular complexity index is 589. The van der Waals surface area contributed by atoms with E-state index in [9.17, 15) is 4.79 Å². The van der Waals surface area contributed by atoms with E-state index in [1.165, 1.54) is 0 Å². The Morgan fingerprint density at radius 3 is 2.96 bits per heavy atom. The molecule has 0 bridgehead atoms. The molecule has 23 heavy (non-hydrogen) atoms. The van der Waals surface area contributed by atoms with Crippen LogP contribution in [0.25, 0.3) is 0 Å². The summed E-state index contributed by atoms with van der Waals surface area (Å²) in [5.41, 5.74) is 0.972. The van der Waals surface area contributed by atoms with Crippen molar-refractivity contribution in [1.82, 2.24) is 4.90 Å². The lowest BCUT2D eigenvalue weighted by atomic mass is 10.2. The number of amides is 2. The summed E-state index contributed by atoms with van der Waals surface area (Å²) in [5, 5.41) is 11.9. The Morgan fingerprint density at radius 2 is 2.35 bits per heavy atom. The van der Waals surface area contributed by atoms with E-state index in [4.69, 9.17) is 14.7 Å². The predicted molar refractivity (Wildman–Crippen MR) is 87.5 cm³/mol. The van der Waals surface area contributed by atoms with Crippen LogP contribution in [0.2, 0.25) is 0 Å². The number of nitrogens with one attached hydrogen (secondary N) is 1. The predicted octanol–water partition coefficient (Wildman–Crippen LogP) is 2.99. The monoisotopic (exact) mass is 317 g/mol. The molecule has 1 N–H and O–H groups in total. The smallest absolute Gasteiger partial charge is 0.321 e. The third kappa shape index (κ3) is 4.86. The maximum Gasteiger partial charge on any atom is 0.321 e. The first kappa shape index (κ1) is 17.1. The number of hydrogen-bond donors (Lipinski definition) is 1. The van der Waals surface area contributed by atoms with Crippen LogP contribution in [-0.2, 0) is 4.74 Å². The van der Waals surface area contributed by atoms with Gasteiger partial charge in [0.15, 0.2) is 0 Å². The Morgan fingerprint density at radius 1 is 1.57 bits per heavy atom. The molecule has 1 aromatic carbocycles. The van der Waals surface area contributed by atoms with Crippen molar-refractivity contribution in [2.45, 2.75) is 38.9 Å². The number of anilines is 1. The molecule has 124 valence electrons. The Labute approximate surface area is 137 Å². The molecular formula is C17H23N3O3. The highest BCUT2D eigenvalue weighted by molar-refractivity contribution is 5.91. The van der Waals surface area contributed by atoms with Crippen molar-refractivity contribution in [2.75, 3.05) is 25.5 Å². The zero-order valence-corrected chi connectivity index (χ0v) is 13.8. The van der Waals surface area contributed by atoms with Gasteiger partial charge in [-0.05, 0) is 44.9 Å². The molecule has 1 aliphatic heterocycles. The van der Waals surface area contributed by atoms with E-state index in [0.29, 0.717) is 23.5 Å². The number of nitrogens with zero attached hydrogens (tertiary/aromatic N) is 2. The Hall–Kier alpha value is -2.26. The normalized spacial score (nSPS) is 16.9. The van der Waals surface area contributed by atoms with Crippen molar-refractivity contribution in [3.05, 3.63) is 23.8 Å². The lowest BCUT2D eigenvalue weighted by Gasteiger charge is -2.22. The van der Waals surface area contributed by atoms with Crippen molar-refractivity contribution in [3.63, 3.8) is 0 Å². The molecular weight excluding hydrogens is 294 g/mol. The zero-order chi connectivity index (χ0) is 16.8. The van der Waals surface area contributed by atoms with Crippen LogP contribution in [0, 0.1) is 11.3 Å². The second-order valence-electron chi connectivity index (χ2n) is 5.94. The van der Waals surface area contributed by atoms with Crippen LogP contribution in [-0.4, -0.2) is 43.3 Å². The van der Waals surface area contributed by atoms with Crippen molar-refractivity contribution < 1.29 is 14.3 Å². The Balaban J connectivity index is 2.07. The largest absolute Gasteiger partial charge is 0.489 e. The molecule has 1 heterocycles. The maximum absolute atomic E-state index is 12.4. The topological polar surface area (TPSA) is 74.6 Å². The average molecular weight is 317 g/mol. The second-order valence-corrected chi connectivity index (χ2v) is 5.94. The van der Waals surface area contributed by atoms with Crippen LogP contribution >= 0.6 is 0 Å². The summed E-state index contributed by atoms with van der Waals surface area (Å²) in [4.78, 5) is 14.0. The van der Waals surface area contributed by atoms with Crippen LogP contribution in [0.1, 0.15) is 32.3 Å². The van der Waals surface area contributed by atoms with Crippen LogP contribution in [0.3, 0.4) is 0 Å². The zero-order valence-electron chi connectivity index (χ0n) is 13.8. The molecule has 1 fully saturated rings. The lowest BCUT2D eigenvalue weighted by molar-refractivity contribution is 0.0894. The minimum Gasteiger partial charge on any atom is -0.489 e. The van der Waals surface area contributed by atoms with Gasteiger partial charge >= 0.3 is 6.03 Å². The van der Waals surface area contributed by atoms with E-state index in [2.05, 4.69) is 11.4 Å². The molecule has 1 saturated heterocycles. The van der Waals surface area contributed by atoms with E-state index in [1.54, 1.807) is 30.1 Å². The number of ether oxygens (including phenoxy) is 2. The fraction of sp³-hybridized carbons (Fsp3) is 0.529. The summed E-state index contributed by atoms with van der Waals surface area (Å²) < 4.78 is 11.2. The van der Waals surface area contributed by atoms with E-state index < -0.39 is 0 Å². The summed E-state index contributed by atoms with van der Waals surface area (Å²) in [6.45, 7) is 5.13. The van der Waals surface area contributed by atoms with Gasteiger partial charge in [0, 0.05) is 20.2 Å². The molecule has 0 spiro atoms. The van der Waals surface area contributed by atoms with Gasteiger partial charge in [-0.25, -0.2) is 4.79 Å². The molecule has 1 atom stereocenters. The van der Waals surface area contributed by atoms with Crippen LogP contribution < -0.4 is 10.1 Å². The molecule has 0 radical (unpaired) electrons. The summed E-state index contributed by atoms with van der Waals surface area (Å²) in [6.07, 6.45) is 2.09. The lowest BCUT2D eigenvalue weighted by Crippen LogP contribution is -2.37. The first-order valence-electron chi connectivity index (χ1n) is 7.84. The fourth-order valence-corrected chi connectivity index (χ4v) is 2.44. The fourth-order valence-electron chi connectivity index (χ4n) is 2.44. The molecule has 0 aromatic heterocycles. The van der Waals surface area contributed by atoms with Gasteiger partial charge in [0.1, 0.15) is 5.75 Å². The number of benzene rings is 1. The third-order valence-electron chi connectivity index (χ3n) is 3.56. The molecule has 6 nitrogen and oxygen atoms in total. The molecule has 2 amide bonds. The minimum atomic E-state index is -0.246. The number of carbonyl (C=O) groups is 1. The SMILES string of the molecule is CC(C)Oc1ccc(C#N)cc1NC(=O)N(C)CC1CCCO1. The number of nitriles is 1. The molecule has 1 aliphatic rings.